The van der Waals surface area contributed by atoms with E-state index in [1.165, 1.54) is 48.6 Å². The first-order valence-electron chi connectivity index (χ1n) is 7.96. The fraction of sp³-hybridized carbons (Fsp3) is 0. The molecular weight excluding hydrogens is 343 g/mol. The van der Waals surface area contributed by atoms with Gasteiger partial charge in [0.1, 0.15) is 0 Å². The molecule has 0 unspecified atom stereocenters. The van der Waals surface area contributed by atoms with Crippen LogP contribution in [0, 0.1) is 0 Å². The van der Waals surface area contributed by atoms with E-state index in [2.05, 4.69) is 26.3 Å². The zero-order valence-electron chi connectivity index (χ0n) is 14.7. The molecule has 0 radical (unpaired) electrons. The zero-order chi connectivity index (χ0) is 20.1. The first-order chi connectivity index (χ1) is 12.9. The molecular formula is C20H17BN2O4. The summed E-state index contributed by atoms with van der Waals surface area (Å²) in [6.45, 7) is 14.1. The van der Waals surface area contributed by atoms with Gasteiger partial charge in [0.25, 0.3) is 23.6 Å². The van der Waals surface area contributed by atoms with Gasteiger partial charge in [0.15, 0.2) is 0 Å². The summed E-state index contributed by atoms with van der Waals surface area (Å²) in [6.07, 6.45) is 11.1. The van der Waals surface area contributed by atoms with Crippen molar-refractivity contribution in [1.29, 1.82) is 0 Å². The molecule has 134 valence electrons. The molecule has 0 atom stereocenters. The van der Waals surface area contributed by atoms with Crippen LogP contribution in [0.5, 0.6) is 0 Å². The summed E-state index contributed by atoms with van der Waals surface area (Å²) < 4.78 is 0. The average Bonchev–Trinajstić information content (AvgIpc) is 2.99. The van der Waals surface area contributed by atoms with Crippen LogP contribution in [0.1, 0.15) is 0 Å². The highest BCUT2D eigenvalue weighted by Crippen LogP contribution is 2.29. The Labute approximate surface area is 157 Å². The second-order valence-electron chi connectivity index (χ2n) is 5.48. The van der Waals surface area contributed by atoms with Gasteiger partial charge in [-0.1, -0.05) is 50.6 Å². The van der Waals surface area contributed by atoms with Crippen molar-refractivity contribution >= 4 is 31.2 Å². The molecule has 27 heavy (non-hydrogen) atoms. The van der Waals surface area contributed by atoms with E-state index >= 15 is 0 Å². The molecule has 2 aliphatic rings. The highest BCUT2D eigenvalue weighted by molar-refractivity contribution is 6.55. The molecule has 0 bridgehead atoms. The third-order valence-corrected chi connectivity index (χ3v) is 3.90. The van der Waals surface area contributed by atoms with Crippen LogP contribution in [0.2, 0.25) is 0 Å². The van der Waals surface area contributed by atoms with Crippen LogP contribution in [0.3, 0.4) is 0 Å². The van der Waals surface area contributed by atoms with E-state index < -0.39 is 31.2 Å². The summed E-state index contributed by atoms with van der Waals surface area (Å²) in [7, 11) is -0.499. The summed E-state index contributed by atoms with van der Waals surface area (Å²) in [4.78, 5) is 52.1. The number of carbonyl (C=O) groups is 4. The molecule has 0 spiro atoms. The van der Waals surface area contributed by atoms with Gasteiger partial charge in [-0.15, -0.1) is 0 Å². The van der Waals surface area contributed by atoms with Crippen molar-refractivity contribution in [1.82, 2.24) is 9.62 Å². The topological polar surface area (TPSA) is 74.8 Å². The minimum Gasteiger partial charge on any atom is -0.301 e. The molecule has 6 nitrogen and oxygen atoms in total. The van der Waals surface area contributed by atoms with Crippen molar-refractivity contribution in [3.63, 3.8) is 0 Å². The monoisotopic (exact) mass is 360 g/mol. The maximum absolute atomic E-state index is 12.6. The lowest BCUT2D eigenvalue weighted by atomic mass is 10.0. The van der Waals surface area contributed by atoms with E-state index in [4.69, 9.17) is 0 Å². The molecule has 7 heteroatoms. The fourth-order valence-corrected chi connectivity index (χ4v) is 2.74. The average molecular weight is 360 g/mol. The van der Waals surface area contributed by atoms with Gasteiger partial charge in [-0.3, -0.25) is 19.2 Å². The summed E-state index contributed by atoms with van der Waals surface area (Å²) in [5, 5.41) is 0. The predicted molar refractivity (Wildman–Crippen MR) is 104 cm³/mol. The molecule has 2 saturated heterocycles. The standard InChI is InChI=1S/C20H17BN2O4/c1-5-9-13-14(10-6-2)18(25)22(17(13)24)21-23-19(26)15(11-7-3)16(12-8-4)20(23)27/h5-12,21H,1-4H2/b13-9+,14-10+,15-11+,16-12+. The molecule has 2 rings (SSSR count). The van der Waals surface area contributed by atoms with Gasteiger partial charge in [-0.2, -0.15) is 0 Å². The Kier molecular flexibility index (Phi) is 5.87. The van der Waals surface area contributed by atoms with Crippen LogP contribution in [0.25, 0.3) is 0 Å². The summed E-state index contributed by atoms with van der Waals surface area (Å²) in [6, 6.07) is 0. The maximum atomic E-state index is 12.6. The lowest BCUT2D eigenvalue weighted by Gasteiger charge is -2.18. The Morgan fingerprint density at radius 1 is 0.519 bits per heavy atom. The van der Waals surface area contributed by atoms with Crippen molar-refractivity contribution in [2.24, 2.45) is 0 Å². The number of nitrogens with zero attached hydrogens (tertiary/aromatic N) is 2. The molecule has 2 aliphatic heterocycles. The molecule has 2 fully saturated rings. The fourth-order valence-electron chi connectivity index (χ4n) is 2.74. The van der Waals surface area contributed by atoms with E-state index in [1.54, 1.807) is 0 Å². The number of amides is 4. The second kappa shape index (κ2) is 8.10. The van der Waals surface area contributed by atoms with Gasteiger partial charge in [-0.05, 0) is 24.3 Å². The van der Waals surface area contributed by atoms with E-state index in [1.807, 2.05) is 0 Å². The van der Waals surface area contributed by atoms with Crippen molar-refractivity contribution in [2.75, 3.05) is 0 Å². The van der Waals surface area contributed by atoms with E-state index in [0.717, 1.165) is 9.62 Å². The van der Waals surface area contributed by atoms with Crippen LogP contribution in [-0.2, 0) is 19.2 Å². The number of allylic oxidation sites excluding steroid dienone is 8. The van der Waals surface area contributed by atoms with Crippen molar-refractivity contribution < 1.29 is 19.2 Å². The maximum Gasteiger partial charge on any atom is 0.378 e. The summed E-state index contributed by atoms with van der Waals surface area (Å²) >= 11 is 0. The second-order valence-corrected chi connectivity index (χ2v) is 5.48. The Bertz CT molecular complexity index is 772. The van der Waals surface area contributed by atoms with Crippen LogP contribution in [0.4, 0.5) is 0 Å². The van der Waals surface area contributed by atoms with Crippen molar-refractivity contribution in [2.45, 2.75) is 0 Å². The van der Waals surface area contributed by atoms with E-state index in [0.29, 0.717) is 0 Å². The first-order valence-corrected chi connectivity index (χ1v) is 7.96. The smallest absolute Gasteiger partial charge is 0.301 e. The van der Waals surface area contributed by atoms with Crippen LogP contribution in [0.15, 0.2) is 97.2 Å². The Hall–Kier alpha value is -3.74. The van der Waals surface area contributed by atoms with Gasteiger partial charge < -0.3 is 9.62 Å². The number of rotatable bonds is 6. The van der Waals surface area contributed by atoms with Crippen molar-refractivity contribution in [3.05, 3.63) is 97.2 Å². The number of hydrogen-bond acceptors (Lipinski definition) is 4. The zero-order valence-corrected chi connectivity index (χ0v) is 14.7. The Morgan fingerprint density at radius 2 is 0.741 bits per heavy atom. The molecule has 0 saturated carbocycles. The van der Waals surface area contributed by atoms with Crippen molar-refractivity contribution in [3.8, 4) is 0 Å². The Balaban J connectivity index is 2.44. The Morgan fingerprint density at radius 3 is 0.926 bits per heavy atom. The van der Waals surface area contributed by atoms with E-state index in [-0.39, 0.29) is 22.3 Å². The third kappa shape index (κ3) is 3.35. The van der Waals surface area contributed by atoms with Crippen LogP contribution < -0.4 is 0 Å². The molecule has 0 aromatic carbocycles. The van der Waals surface area contributed by atoms with Gasteiger partial charge in [0.2, 0.25) is 0 Å². The normalized spacial score (nSPS) is 23.1. The molecule has 0 aromatic rings. The predicted octanol–water partition coefficient (Wildman–Crippen LogP) is 1.44. The minimum absolute atomic E-state index is 0.123. The van der Waals surface area contributed by atoms with Crippen LogP contribution >= 0.6 is 0 Å². The number of imide groups is 2. The minimum atomic E-state index is -0.621. The first kappa shape index (κ1) is 19.6. The van der Waals surface area contributed by atoms with Gasteiger partial charge in [-0.25, -0.2) is 0 Å². The molecule has 0 aromatic heterocycles. The van der Waals surface area contributed by atoms with Gasteiger partial charge >= 0.3 is 7.55 Å². The summed E-state index contributed by atoms with van der Waals surface area (Å²) in [5.41, 5.74) is 0.492. The SMILES string of the molecule is C=C/C=C1/C(=O)N(BN2C(=O)C(=C/C=C)/C(=C\C=C)C2=O)C(=O)/C1=C/C=C. The third-order valence-electron chi connectivity index (χ3n) is 3.90. The molecule has 0 N–H and O–H groups in total. The lowest BCUT2D eigenvalue weighted by molar-refractivity contribution is -0.132. The quantitative estimate of drug-likeness (QED) is 0.408. The van der Waals surface area contributed by atoms with Gasteiger partial charge in [0, 0.05) is 0 Å². The van der Waals surface area contributed by atoms with Gasteiger partial charge in [0.05, 0.1) is 22.3 Å². The number of carbonyl (C=O) groups excluding carboxylic acids is 4. The lowest BCUT2D eigenvalue weighted by Crippen LogP contribution is -2.47. The molecule has 4 amide bonds. The molecule has 2 heterocycles. The highest BCUT2D eigenvalue weighted by Gasteiger charge is 2.45. The number of hydrogen-bond donors (Lipinski definition) is 0. The summed E-state index contributed by atoms with van der Waals surface area (Å²) in [5.74, 6) is -2.49. The van der Waals surface area contributed by atoms with Crippen LogP contribution in [-0.4, -0.2) is 40.8 Å². The molecule has 0 aliphatic carbocycles. The van der Waals surface area contributed by atoms with E-state index in [9.17, 15) is 19.2 Å². The highest BCUT2D eigenvalue weighted by atomic mass is 16.2. The largest absolute Gasteiger partial charge is 0.378 e.